The number of nitrogens with zero attached hydrogens (tertiary/aromatic N) is 2. The summed E-state index contributed by atoms with van der Waals surface area (Å²) in [6, 6.07) is 29.2. The first-order valence-electron chi connectivity index (χ1n) is 15.1. The fourth-order valence-electron chi connectivity index (χ4n) is 6.24. The molecular weight excluding hydrogens is 557 g/mol. The molecule has 5 rings (SSSR count). The summed E-state index contributed by atoms with van der Waals surface area (Å²) in [6.45, 7) is 13.9. The lowest BCUT2D eigenvalue weighted by molar-refractivity contribution is -0.938. The Balaban J connectivity index is 1.36. The summed E-state index contributed by atoms with van der Waals surface area (Å²) in [6.07, 6.45) is 1.79. The molecule has 0 atom stereocenters. The molecule has 0 saturated heterocycles. The van der Waals surface area contributed by atoms with Crippen LogP contribution in [-0.4, -0.2) is 43.4 Å². The first-order chi connectivity index (χ1) is 20.2. The number of rotatable bonds is 13. The predicted octanol–water partition coefficient (Wildman–Crippen LogP) is 8.70. The Kier molecular flexibility index (Phi) is 9.48. The Labute approximate surface area is 255 Å². The van der Waals surface area contributed by atoms with E-state index in [9.17, 15) is 8.42 Å². The van der Waals surface area contributed by atoms with Crippen molar-refractivity contribution >= 4 is 42.2 Å². The smallest absolute Gasteiger partial charge is 0.244 e. The zero-order valence-electron chi connectivity index (χ0n) is 25.3. The Morgan fingerprint density at radius 2 is 1.45 bits per heavy atom. The van der Waals surface area contributed by atoms with Gasteiger partial charge in [0.1, 0.15) is 11.4 Å². The van der Waals surface area contributed by atoms with Crippen LogP contribution < -0.4 is 0 Å². The van der Waals surface area contributed by atoms with Crippen molar-refractivity contribution in [2.24, 2.45) is 0 Å². The largest absolute Gasteiger partial charge is 0.320 e. The van der Waals surface area contributed by atoms with E-state index in [-0.39, 0.29) is 0 Å². The van der Waals surface area contributed by atoms with Gasteiger partial charge in [0.2, 0.25) is 10.0 Å². The lowest BCUT2D eigenvalue weighted by atomic mass is 10.1. The number of unbranched alkanes of at least 4 members (excludes halogenated alkanes) is 1. The Morgan fingerprint density at radius 1 is 0.762 bits per heavy atom. The molecule has 6 heteroatoms. The average molecular weight is 600 g/mol. The van der Waals surface area contributed by atoms with Gasteiger partial charge in [-0.3, -0.25) is 0 Å². The molecule has 4 nitrogen and oxygen atoms in total. The van der Waals surface area contributed by atoms with Crippen LogP contribution in [0.5, 0.6) is 0 Å². The van der Waals surface area contributed by atoms with Crippen molar-refractivity contribution in [1.82, 2.24) is 4.31 Å². The highest BCUT2D eigenvalue weighted by Gasteiger charge is 2.29. The molecule has 0 aliphatic rings. The average Bonchev–Trinajstić information content (AvgIpc) is 3.43. The number of fused-ring (bicyclic) bond motifs is 2. The van der Waals surface area contributed by atoms with E-state index in [1.165, 1.54) is 28.0 Å². The number of thiophene rings is 1. The van der Waals surface area contributed by atoms with Gasteiger partial charge >= 0.3 is 0 Å². The van der Waals surface area contributed by atoms with Gasteiger partial charge in [0.05, 0.1) is 19.6 Å². The van der Waals surface area contributed by atoms with Gasteiger partial charge in [0.25, 0.3) is 0 Å². The van der Waals surface area contributed by atoms with Gasteiger partial charge in [-0.1, -0.05) is 83.9 Å². The maximum absolute atomic E-state index is 14.2. The molecule has 0 fully saturated rings. The normalized spacial score (nSPS) is 12.5. The van der Waals surface area contributed by atoms with Crippen LogP contribution in [0.1, 0.15) is 48.9 Å². The van der Waals surface area contributed by atoms with Gasteiger partial charge in [0.15, 0.2) is 0 Å². The number of aryl methyl sites for hydroxylation is 2. The Bertz CT molecular complexity index is 1750. The summed E-state index contributed by atoms with van der Waals surface area (Å²) in [5.74, 6) is 0. The topological polar surface area (TPSA) is 37.4 Å². The molecule has 0 amide bonds. The molecule has 42 heavy (non-hydrogen) atoms. The van der Waals surface area contributed by atoms with Crippen molar-refractivity contribution in [2.75, 3.05) is 26.2 Å². The molecule has 0 radical (unpaired) electrons. The molecule has 220 valence electrons. The van der Waals surface area contributed by atoms with Crippen molar-refractivity contribution in [3.8, 4) is 0 Å². The number of hydrogen-bond donors (Lipinski definition) is 0. The molecule has 0 aliphatic heterocycles. The number of quaternary nitrogens is 1. The van der Waals surface area contributed by atoms with Crippen LogP contribution >= 0.6 is 11.3 Å². The summed E-state index contributed by atoms with van der Waals surface area (Å²) in [5.41, 5.74) is 5.02. The lowest BCUT2D eigenvalue weighted by Crippen LogP contribution is -2.47. The maximum atomic E-state index is 14.2. The van der Waals surface area contributed by atoms with Crippen LogP contribution in [0.15, 0.2) is 95.2 Å². The van der Waals surface area contributed by atoms with Crippen molar-refractivity contribution in [2.45, 2.75) is 58.5 Å². The molecule has 0 N–H and O–H groups in total. The molecule has 0 aliphatic carbocycles. The van der Waals surface area contributed by atoms with E-state index in [4.69, 9.17) is 0 Å². The summed E-state index contributed by atoms with van der Waals surface area (Å²) in [7, 11) is -3.68. The summed E-state index contributed by atoms with van der Waals surface area (Å²) < 4.78 is 32.1. The van der Waals surface area contributed by atoms with Crippen LogP contribution in [0.3, 0.4) is 0 Å². The molecule has 0 bridgehead atoms. The van der Waals surface area contributed by atoms with E-state index in [1.807, 2.05) is 41.8 Å². The number of hydrogen-bond acceptors (Lipinski definition) is 3. The quantitative estimate of drug-likeness (QED) is 0.100. The van der Waals surface area contributed by atoms with Gasteiger partial charge < -0.3 is 4.48 Å². The minimum atomic E-state index is -3.68. The van der Waals surface area contributed by atoms with E-state index in [0.717, 1.165) is 69.9 Å². The molecule has 0 saturated carbocycles. The van der Waals surface area contributed by atoms with Gasteiger partial charge in [0, 0.05) is 34.1 Å². The highest BCUT2D eigenvalue weighted by atomic mass is 32.2. The molecule has 5 aromatic rings. The number of benzene rings is 4. The van der Waals surface area contributed by atoms with Crippen LogP contribution in [0, 0.1) is 13.8 Å². The molecule has 1 heterocycles. The summed E-state index contributed by atoms with van der Waals surface area (Å²) >= 11 is 1.50. The molecular formula is C36H43N2O2S2+. The van der Waals surface area contributed by atoms with Crippen LogP contribution in [-0.2, 0) is 23.1 Å². The maximum Gasteiger partial charge on any atom is 0.244 e. The van der Waals surface area contributed by atoms with E-state index >= 15 is 0 Å². The highest BCUT2D eigenvalue weighted by molar-refractivity contribution is 7.89. The minimum absolute atomic E-state index is 0.363. The monoisotopic (exact) mass is 599 g/mol. The van der Waals surface area contributed by atoms with Crippen molar-refractivity contribution in [3.63, 3.8) is 0 Å². The molecule has 0 spiro atoms. The van der Waals surface area contributed by atoms with Gasteiger partial charge in [-0.05, 0) is 69.0 Å². The summed E-state index contributed by atoms with van der Waals surface area (Å²) in [4.78, 5) is 0.422. The van der Waals surface area contributed by atoms with Crippen LogP contribution in [0.4, 0.5) is 0 Å². The zero-order chi connectivity index (χ0) is 29.7. The van der Waals surface area contributed by atoms with Crippen LogP contribution in [0.25, 0.3) is 20.9 Å². The predicted molar refractivity (Wildman–Crippen MR) is 178 cm³/mol. The van der Waals surface area contributed by atoms with Crippen LogP contribution in [0.2, 0.25) is 0 Å². The SMILES string of the molecule is CC[N+](CC)(CCCCN(Cc1ccc2ccccc2c1)S(=O)(=O)c1csc2ccccc12)Cc1cc(C)cc(C)c1. The van der Waals surface area contributed by atoms with Gasteiger partial charge in [-0.15, -0.1) is 11.3 Å². The zero-order valence-corrected chi connectivity index (χ0v) is 27.0. The van der Waals surface area contributed by atoms with E-state index in [1.54, 1.807) is 4.31 Å². The second-order valence-electron chi connectivity index (χ2n) is 11.7. The Hall–Kier alpha value is -3.03. The number of sulfonamides is 1. The van der Waals surface area contributed by atoms with Crippen molar-refractivity contribution < 1.29 is 12.9 Å². The second kappa shape index (κ2) is 13.1. The standard InChI is InChI=1S/C36H43N2O2S2/c1-5-38(6-2,26-31-22-28(3)21-29(4)23-31)20-12-11-19-37(25-30-17-18-32-13-7-8-14-33(32)24-30)42(39,40)36-27-41-35-16-10-9-15-34(35)36/h7-10,13-18,21-24,27H,5-6,11-12,19-20,25-26H2,1-4H3/q+1. The third-order valence-corrected chi connectivity index (χ3v) is 11.7. The minimum Gasteiger partial charge on any atom is -0.320 e. The second-order valence-corrected chi connectivity index (χ2v) is 14.5. The van der Waals surface area contributed by atoms with Crippen molar-refractivity contribution in [1.29, 1.82) is 0 Å². The van der Waals surface area contributed by atoms with E-state index < -0.39 is 10.0 Å². The van der Waals surface area contributed by atoms with Gasteiger partial charge in [-0.25, -0.2) is 8.42 Å². The molecule has 1 aromatic heterocycles. The van der Waals surface area contributed by atoms with Gasteiger partial charge in [-0.2, -0.15) is 4.31 Å². The first kappa shape index (κ1) is 30.4. The van der Waals surface area contributed by atoms with E-state index in [2.05, 4.69) is 76.2 Å². The molecule has 4 aromatic carbocycles. The molecule has 0 unspecified atom stereocenters. The van der Waals surface area contributed by atoms with E-state index in [0.29, 0.717) is 18.0 Å². The summed E-state index contributed by atoms with van der Waals surface area (Å²) in [5, 5.41) is 4.92. The third-order valence-electron chi connectivity index (χ3n) is 8.67. The fourth-order valence-corrected chi connectivity index (χ4v) is 9.18. The fraction of sp³-hybridized carbons (Fsp3) is 0.333. The Morgan fingerprint density at radius 3 is 2.19 bits per heavy atom. The third kappa shape index (κ3) is 6.78. The lowest BCUT2D eigenvalue weighted by Gasteiger charge is -2.37. The van der Waals surface area contributed by atoms with Crippen molar-refractivity contribution in [3.05, 3.63) is 113 Å². The highest BCUT2D eigenvalue weighted by Crippen LogP contribution is 2.32. The first-order valence-corrected chi connectivity index (χ1v) is 17.4.